The number of hydrogen-bond acceptors (Lipinski definition) is 5. The molecule has 0 aromatic carbocycles. The highest BCUT2D eigenvalue weighted by Crippen LogP contribution is 2.18. The molecule has 122 valence electrons. The number of hydrogen-bond donors (Lipinski definition) is 1. The SMILES string of the molecule is CC(C)(C)OC(=O)NC[C@@H]1CCCN1CC(=O)c1cccs1. The molecule has 0 saturated carbocycles. The predicted molar refractivity (Wildman–Crippen MR) is 87.5 cm³/mol. The van der Waals surface area contributed by atoms with Crippen molar-refractivity contribution >= 4 is 23.2 Å². The van der Waals surface area contributed by atoms with E-state index in [1.54, 1.807) is 0 Å². The van der Waals surface area contributed by atoms with Gasteiger partial charge in [-0.3, -0.25) is 9.69 Å². The molecule has 1 amide bonds. The lowest BCUT2D eigenvalue weighted by Gasteiger charge is -2.25. The monoisotopic (exact) mass is 324 g/mol. The van der Waals surface area contributed by atoms with Gasteiger partial charge in [0.2, 0.25) is 0 Å². The summed E-state index contributed by atoms with van der Waals surface area (Å²) < 4.78 is 5.24. The first-order valence-corrected chi connectivity index (χ1v) is 8.51. The second kappa shape index (κ2) is 7.24. The molecule has 1 fully saturated rings. The van der Waals surface area contributed by atoms with Crippen LogP contribution in [0.15, 0.2) is 17.5 Å². The molecule has 0 bridgehead atoms. The Bertz CT molecular complexity index is 508. The van der Waals surface area contributed by atoms with Crippen LogP contribution >= 0.6 is 11.3 Å². The van der Waals surface area contributed by atoms with Gasteiger partial charge in [0.1, 0.15) is 5.60 Å². The summed E-state index contributed by atoms with van der Waals surface area (Å²) in [5, 5.41) is 4.72. The summed E-state index contributed by atoms with van der Waals surface area (Å²) >= 11 is 1.47. The van der Waals surface area contributed by atoms with Crippen molar-refractivity contribution in [3.8, 4) is 0 Å². The van der Waals surface area contributed by atoms with Crippen LogP contribution in [-0.2, 0) is 4.74 Å². The van der Waals surface area contributed by atoms with Crippen molar-refractivity contribution in [2.24, 2.45) is 0 Å². The highest BCUT2D eigenvalue weighted by Gasteiger charge is 2.27. The maximum atomic E-state index is 12.2. The van der Waals surface area contributed by atoms with E-state index in [1.807, 2.05) is 38.3 Å². The van der Waals surface area contributed by atoms with Gasteiger partial charge in [-0.1, -0.05) is 6.07 Å². The second-order valence-electron chi connectivity index (χ2n) is 6.55. The van der Waals surface area contributed by atoms with E-state index in [0.717, 1.165) is 24.3 Å². The van der Waals surface area contributed by atoms with Crippen LogP contribution in [0.25, 0.3) is 0 Å². The van der Waals surface area contributed by atoms with Crippen LogP contribution in [-0.4, -0.2) is 48.1 Å². The number of nitrogens with one attached hydrogen (secondary N) is 1. The molecule has 1 aliphatic rings. The maximum Gasteiger partial charge on any atom is 0.407 e. The Morgan fingerprint density at radius 1 is 1.45 bits per heavy atom. The lowest BCUT2D eigenvalue weighted by molar-refractivity contribution is 0.0514. The molecular formula is C16H24N2O3S. The fourth-order valence-corrected chi connectivity index (χ4v) is 3.21. The van der Waals surface area contributed by atoms with Crippen LogP contribution in [0.4, 0.5) is 4.79 Å². The third-order valence-electron chi connectivity index (χ3n) is 3.52. The summed E-state index contributed by atoms with van der Waals surface area (Å²) in [4.78, 5) is 26.9. The van der Waals surface area contributed by atoms with Gasteiger partial charge in [-0.05, 0) is 51.6 Å². The van der Waals surface area contributed by atoms with Gasteiger partial charge in [-0.15, -0.1) is 11.3 Å². The molecule has 1 N–H and O–H groups in total. The second-order valence-corrected chi connectivity index (χ2v) is 7.50. The molecule has 0 unspecified atom stereocenters. The van der Waals surface area contributed by atoms with Gasteiger partial charge in [0, 0.05) is 12.6 Å². The Hall–Kier alpha value is -1.40. The number of Topliss-reactive ketones (excluding diaryl/α,β-unsaturated/α-hetero) is 1. The highest BCUT2D eigenvalue weighted by molar-refractivity contribution is 7.12. The van der Waals surface area contributed by atoms with Crippen molar-refractivity contribution in [2.45, 2.75) is 45.3 Å². The van der Waals surface area contributed by atoms with Crippen LogP contribution in [0.3, 0.4) is 0 Å². The van der Waals surface area contributed by atoms with Crippen molar-refractivity contribution in [1.82, 2.24) is 10.2 Å². The van der Waals surface area contributed by atoms with E-state index in [0.29, 0.717) is 13.1 Å². The Morgan fingerprint density at radius 2 is 2.23 bits per heavy atom. The summed E-state index contributed by atoms with van der Waals surface area (Å²) in [5.41, 5.74) is -0.491. The molecule has 0 spiro atoms. The van der Waals surface area contributed by atoms with E-state index in [1.165, 1.54) is 11.3 Å². The summed E-state index contributed by atoms with van der Waals surface area (Å²) in [6, 6.07) is 3.96. The molecule has 1 aromatic heterocycles. The fourth-order valence-electron chi connectivity index (χ4n) is 2.55. The largest absolute Gasteiger partial charge is 0.444 e. The molecule has 6 heteroatoms. The number of ketones is 1. The first-order valence-electron chi connectivity index (χ1n) is 7.63. The molecule has 5 nitrogen and oxygen atoms in total. The van der Waals surface area contributed by atoms with Crippen LogP contribution in [0.2, 0.25) is 0 Å². The molecule has 1 atom stereocenters. The number of likely N-dealkylation sites (tertiary alicyclic amines) is 1. The van der Waals surface area contributed by atoms with E-state index in [-0.39, 0.29) is 11.8 Å². The summed E-state index contributed by atoms with van der Waals surface area (Å²) in [5.74, 6) is 0.152. The number of amides is 1. The third kappa shape index (κ3) is 5.10. The summed E-state index contributed by atoms with van der Waals surface area (Å²) in [7, 11) is 0. The Labute approximate surface area is 135 Å². The van der Waals surface area contributed by atoms with Crippen molar-refractivity contribution in [3.05, 3.63) is 22.4 Å². The van der Waals surface area contributed by atoms with Gasteiger partial charge in [0.15, 0.2) is 5.78 Å². The van der Waals surface area contributed by atoms with Gasteiger partial charge < -0.3 is 10.1 Å². The number of carbonyl (C=O) groups excluding carboxylic acids is 2. The van der Waals surface area contributed by atoms with Gasteiger partial charge in [-0.2, -0.15) is 0 Å². The molecule has 0 aliphatic carbocycles. The molecule has 1 aliphatic heterocycles. The third-order valence-corrected chi connectivity index (χ3v) is 4.43. The lowest BCUT2D eigenvalue weighted by atomic mass is 10.2. The van der Waals surface area contributed by atoms with Crippen molar-refractivity contribution in [1.29, 1.82) is 0 Å². The topological polar surface area (TPSA) is 58.6 Å². The highest BCUT2D eigenvalue weighted by atomic mass is 32.1. The van der Waals surface area contributed by atoms with Crippen molar-refractivity contribution in [2.75, 3.05) is 19.6 Å². The van der Waals surface area contributed by atoms with Crippen molar-refractivity contribution in [3.63, 3.8) is 0 Å². The average molecular weight is 324 g/mol. The minimum Gasteiger partial charge on any atom is -0.444 e. The molecule has 2 rings (SSSR count). The molecular weight excluding hydrogens is 300 g/mol. The van der Waals surface area contributed by atoms with E-state index >= 15 is 0 Å². The molecule has 2 heterocycles. The van der Waals surface area contributed by atoms with Gasteiger partial charge in [-0.25, -0.2) is 4.79 Å². The fraction of sp³-hybridized carbons (Fsp3) is 0.625. The Kier molecular flexibility index (Phi) is 5.58. The first kappa shape index (κ1) is 17.0. The van der Waals surface area contributed by atoms with E-state index in [2.05, 4.69) is 10.2 Å². The van der Waals surface area contributed by atoms with Crippen LogP contribution in [0, 0.1) is 0 Å². The number of carbonyl (C=O) groups is 2. The quantitative estimate of drug-likeness (QED) is 0.846. The van der Waals surface area contributed by atoms with Gasteiger partial charge >= 0.3 is 6.09 Å². The zero-order valence-corrected chi connectivity index (χ0v) is 14.2. The van der Waals surface area contributed by atoms with Crippen LogP contribution < -0.4 is 5.32 Å². The van der Waals surface area contributed by atoms with Gasteiger partial charge in [0.05, 0.1) is 11.4 Å². The van der Waals surface area contributed by atoms with E-state index in [9.17, 15) is 9.59 Å². The van der Waals surface area contributed by atoms with Gasteiger partial charge in [0.25, 0.3) is 0 Å². The minimum absolute atomic E-state index is 0.152. The maximum absolute atomic E-state index is 12.2. The minimum atomic E-state index is -0.491. The van der Waals surface area contributed by atoms with Crippen molar-refractivity contribution < 1.29 is 14.3 Å². The Morgan fingerprint density at radius 3 is 2.86 bits per heavy atom. The molecule has 1 saturated heterocycles. The standard InChI is InChI=1S/C16H24N2O3S/c1-16(2,3)21-15(20)17-10-12-6-4-8-18(12)11-13(19)14-7-5-9-22-14/h5,7,9,12H,4,6,8,10-11H2,1-3H3,(H,17,20)/t12-/m0/s1. The Balaban J connectivity index is 1.81. The van der Waals surface area contributed by atoms with Crippen LogP contribution in [0.1, 0.15) is 43.3 Å². The average Bonchev–Trinajstić information content (AvgIpc) is 3.05. The van der Waals surface area contributed by atoms with Crippen LogP contribution in [0.5, 0.6) is 0 Å². The normalized spacial score (nSPS) is 19.1. The smallest absolute Gasteiger partial charge is 0.407 e. The predicted octanol–water partition coefficient (Wildman–Crippen LogP) is 2.92. The number of rotatable bonds is 5. The van der Waals surface area contributed by atoms with E-state index < -0.39 is 11.7 Å². The first-order chi connectivity index (χ1) is 10.3. The number of ether oxygens (including phenoxy) is 1. The number of alkyl carbamates (subject to hydrolysis) is 1. The zero-order chi connectivity index (χ0) is 16.2. The summed E-state index contributed by atoms with van der Waals surface area (Å²) in [6.07, 6.45) is 1.65. The van der Waals surface area contributed by atoms with E-state index in [4.69, 9.17) is 4.74 Å². The summed E-state index contributed by atoms with van der Waals surface area (Å²) in [6.45, 7) is 7.36. The lowest BCUT2D eigenvalue weighted by Crippen LogP contribution is -2.43. The zero-order valence-electron chi connectivity index (χ0n) is 13.4. The number of thiophene rings is 1. The molecule has 22 heavy (non-hydrogen) atoms. The number of nitrogens with zero attached hydrogens (tertiary/aromatic N) is 1. The molecule has 0 radical (unpaired) electrons. The molecule has 1 aromatic rings.